The van der Waals surface area contributed by atoms with Crippen LogP contribution < -0.4 is 5.32 Å². The average Bonchev–Trinajstić information content (AvgIpc) is 2.02. The third-order valence-corrected chi connectivity index (χ3v) is 1.65. The standard InChI is InChI=1S/C8H5ClF2N2/c9-6-3-5(10)4-7(11)8(6)13-2-1-12/h3-4,13H,2H2. The molecular formula is C8H5ClF2N2. The number of nitrogens with one attached hydrogen (secondary N) is 1. The van der Waals surface area contributed by atoms with Gasteiger partial charge in [-0.2, -0.15) is 5.26 Å². The van der Waals surface area contributed by atoms with Crippen LogP contribution >= 0.6 is 11.6 Å². The van der Waals surface area contributed by atoms with Gasteiger partial charge in [0.05, 0.1) is 16.8 Å². The van der Waals surface area contributed by atoms with Gasteiger partial charge < -0.3 is 5.32 Å². The van der Waals surface area contributed by atoms with Crippen LogP contribution in [0.3, 0.4) is 0 Å². The smallest absolute Gasteiger partial charge is 0.150 e. The topological polar surface area (TPSA) is 35.8 Å². The number of halogens is 3. The summed E-state index contributed by atoms with van der Waals surface area (Å²) in [6.45, 7) is -0.0811. The summed E-state index contributed by atoms with van der Waals surface area (Å²) < 4.78 is 25.5. The number of nitrogens with zero attached hydrogens (tertiary/aromatic N) is 1. The first-order valence-electron chi connectivity index (χ1n) is 3.40. The van der Waals surface area contributed by atoms with Crippen molar-refractivity contribution in [3.63, 3.8) is 0 Å². The zero-order valence-electron chi connectivity index (χ0n) is 6.44. The lowest BCUT2D eigenvalue weighted by atomic mass is 10.3. The Kier molecular flexibility index (Phi) is 3.04. The second-order valence-corrected chi connectivity index (χ2v) is 2.66. The van der Waals surface area contributed by atoms with E-state index in [1.54, 1.807) is 6.07 Å². The number of hydrogen-bond donors (Lipinski definition) is 1. The van der Waals surface area contributed by atoms with Gasteiger partial charge in [-0.3, -0.25) is 0 Å². The quantitative estimate of drug-likeness (QED) is 0.749. The van der Waals surface area contributed by atoms with Crippen LogP contribution in [0.5, 0.6) is 0 Å². The number of benzene rings is 1. The minimum Gasteiger partial charge on any atom is -0.369 e. The Labute approximate surface area is 78.7 Å². The van der Waals surface area contributed by atoms with E-state index in [0.29, 0.717) is 6.07 Å². The Balaban J connectivity index is 3.00. The molecule has 0 heterocycles. The summed E-state index contributed by atoms with van der Waals surface area (Å²) in [5.74, 6) is -1.55. The average molecular weight is 203 g/mol. The molecule has 0 saturated carbocycles. The maximum Gasteiger partial charge on any atom is 0.150 e. The molecule has 1 N–H and O–H groups in total. The molecule has 0 amide bonds. The summed E-state index contributed by atoms with van der Waals surface area (Å²) in [4.78, 5) is 0. The van der Waals surface area contributed by atoms with Gasteiger partial charge in [0.25, 0.3) is 0 Å². The van der Waals surface area contributed by atoms with E-state index in [9.17, 15) is 8.78 Å². The summed E-state index contributed by atoms with van der Waals surface area (Å²) in [7, 11) is 0. The van der Waals surface area contributed by atoms with E-state index < -0.39 is 11.6 Å². The first kappa shape index (κ1) is 9.75. The number of rotatable bonds is 2. The Bertz CT molecular complexity index is 337. The van der Waals surface area contributed by atoms with Gasteiger partial charge in [0.15, 0.2) is 5.82 Å². The van der Waals surface area contributed by atoms with E-state index in [1.807, 2.05) is 0 Å². The Morgan fingerprint density at radius 1 is 1.46 bits per heavy atom. The zero-order valence-corrected chi connectivity index (χ0v) is 7.20. The molecule has 1 rings (SSSR count). The molecule has 5 heteroatoms. The second kappa shape index (κ2) is 4.06. The van der Waals surface area contributed by atoms with Crippen molar-refractivity contribution in [3.05, 3.63) is 28.8 Å². The van der Waals surface area contributed by atoms with E-state index in [4.69, 9.17) is 16.9 Å². The van der Waals surface area contributed by atoms with Crippen molar-refractivity contribution in [1.82, 2.24) is 0 Å². The normalized spacial score (nSPS) is 9.38. The van der Waals surface area contributed by atoms with Crippen molar-refractivity contribution in [2.24, 2.45) is 0 Å². The number of nitriles is 1. The van der Waals surface area contributed by atoms with Gasteiger partial charge >= 0.3 is 0 Å². The third-order valence-electron chi connectivity index (χ3n) is 1.35. The van der Waals surface area contributed by atoms with E-state index in [2.05, 4.69) is 5.32 Å². The highest BCUT2D eigenvalue weighted by atomic mass is 35.5. The van der Waals surface area contributed by atoms with Crippen LogP contribution in [-0.2, 0) is 0 Å². The lowest BCUT2D eigenvalue weighted by Crippen LogP contribution is -2.02. The van der Waals surface area contributed by atoms with Crippen molar-refractivity contribution in [1.29, 1.82) is 5.26 Å². The van der Waals surface area contributed by atoms with Crippen LogP contribution in [0.1, 0.15) is 0 Å². The predicted octanol–water partition coefficient (Wildman–Crippen LogP) is 2.55. The molecule has 0 aromatic heterocycles. The van der Waals surface area contributed by atoms with Crippen LogP contribution in [0, 0.1) is 23.0 Å². The summed E-state index contributed by atoms with van der Waals surface area (Å²) in [6, 6.07) is 3.43. The highest BCUT2D eigenvalue weighted by molar-refractivity contribution is 6.33. The Morgan fingerprint density at radius 2 is 2.15 bits per heavy atom. The van der Waals surface area contributed by atoms with Gasteiger partial charge in [-0.25, -0.2) is 8.78 Å². The van der Waals surface area contributed by atoms with Crippen molar-refractivity contribution in [2.45, 2.75) is 0 Å². The first-order valence-corrected chi connectivity index (χ1v) is 3.78. The second-order valence-electron chi connectivity index (χ2n) is 2.26. The number of hydrogen-bond acceptors (Lipinski definition) is 2. The van der Waals surface area contributed by atoms with Gasteiger partial charge in [-0.15, -0.1) is 0 Å². The summed E-state index contributed by atoms with van der Waals surface area (Å²) in [5.41, 5.74) is -0.0513. The van der Waals surface area contributed by atoms with Crippen molar-refractivity contribution < 1.29 is 8.78 Å². The third kappa shape index (κ3) is 2.30. The maximum absolute atomic E-state index is 12.9. The van der Waals surface area contributed by atoms with Gasteiger partial charge in [-0.05, 0) is 6.07 Å². The molecule has 0 saturated heterocycles. The molecule has 68 valence electrons. The van der Waals surface area contributed by atoms with Crippen LogP contribution in [0.2, 0.25) is 5.02 Å². The summed E-state index contributed by atoms with van der Waals surface area (Å²) in [6.07, 6.45) is 0. The van der Waals surface area contributed by atoms with Gasteiger partial charge in [0.2, 0.25) is 0 Å². The lowest BCUT2D eigenvalue weighted by Gasteiger charge is -2.05. The van der Waals surface area contributed by atoms with Crippen LogP contribution in [0.25, 0.3) is 0 Å². The van der Waals surface area contributed by atoms with Gasteiger partial charge in [0.1, 0.15) is 12.4 Å². The van der Waals surface area contributed by atoms with E-state index in [-0.39, 0.29) is 17.3 Å². The molecule has 0 radical (unpaired) electrons. The molecule has 0 spiro atoms. The summed E-state index contributed by atoms with van der Waals surface area (Å²) >= 11 is 5.52. The van der Waals surface area contributed by atoms with Gasteiger partial charge in [0, 0.05) is 6.07 Å². The molecular weight excluding hydrogens is 198 g/mol. The minimum atomic E-state index is -0.805. The molecule has 0 aliphatic carbocycles. The molecule has 0 atom stereocenters. The molecule has 0 unspecified atom stereocenters. The van der Waals surface area contributed by atoms with Gasteiger partial charge in [-0.1, -0.05) is 11.6 Å². The highest BCUT2D eigenvalue weighted by Crippen LogP contribution is 2.25. The summed E-state index contributed by atoms with van der Waals surface area (Å²) in [5, 5.41) is 10.6. The van der Waals surface area contributed by atoms with Crippen LogP contribution in [0.4, 0.5) is 14.5 Å². The highest BCUT2D eigenvalue weighted by Gasteiger charge is 2.08. The van der Waals surface area contributed by atoms with Crippen LogP contribution in [0.15, 0.2) is 12.1 Å². The van der Waals surface area contributed by atoms with E-state index >= 15 is 0 Å². The largest absolute Gasteiger partial charge is 0.369 e. The Hall–Kier alpha value is -1.34. The molecule has 0 bridgehead atoms. The molecule has 0 aliphatic rings. The SMILES string of the molecule is N#CCNc1c(F)cc(F)cc1Cl. The number of anilines is 1. The van der Waals surface area contributed by atoms with Crippen LogP contribution in [-0.4, -0.2) is 6.54 Å². The monoisotopic (exact) mass is 202 g/mol. The lowest BCUT2D eigenvalue weighted by molar-refractivity contribution is 0.585. The molecule has 2 nitrogen and oxygen atoms in total. The maximum atomic E-state index is 12.9. The fraction of sp³-hybridized carbons (Fsp3) is 0.125. The van der Waals surface area contributed by atoms with Crippen molar-refractivity contribution >= 4 is 17.3 Å². The van der Waals surface area contributed by atoms with E-state index in [0.717, 1.165) is 6.07 Å². The minimum absolute atomic E-state index is 0.0513. The zero-order chi connectivity index (χ0) is 9.84. The van der Waals surface area contributed by atoms with E-state index in [1.165, 1.54) is 0 Å². The molecule has 1 aromatic rings. The Morgan fingerprint density at radius 3 is 2.69 bits per heavy atom. The van der Waals surface area contributed by atoms with Crippen molar-refractivity contribution in [3.8, 4) is 6.07 Å². The molecule has 1 aromatic carbocycles. The molecule has 13 heavy (non-hydrogen) atoms. The fourth-order valence-corrected chi connectivity index (χ4v) is 1.10. The molecule has 0 aliphatic heterocycles. The fourth-order valence-electron chi connectivity index (χ4n) is 0.839. The van der Waals surface area contributed by atoms with Crippen molar-refractivity contribution in [2.75, 3.05) is 11.9 Å². The predicted molar refractivity (Wildman–Crippen MR) is 45.5 cm³/mol. The first-order chi connectivity index (χ1) is 6.15. The molecule has 0 fully saturated rings.